The lowest BCUT2D eigenvalue weighted by Crippen LogP contribution is -2.48. The van der Waals surface area contributed by atoms with Crippen LogP contribution in [0.25, 0.3) is 0 Å². The molecule has 0 bridgehead atoms. The number of rotatable bonds is 6. The van der Waals surface area contributed by atoms with E-state index in [4.69, 9.17) is 10.2 Å². The molecule has 4 N–H and O–H groups in total. The summed E-state index contributed by atoms with van der Waals surface area (Å²) < 4.78 is 21.4. The number of hydrogen-bond acceptors (Lipinski definition) is 5. The Morgan fingerprint density at radius 2 is 1.94 bits per heavy atom. The van der Waals surface area contributed by atoms with Gasteiger partial charge < -0.3 is 20.8 Å². The summed E-state index contributed by atoms with van der Waals surface area (Å²) in [7, 11) is -3.18. The molecule has 0 fully saturated rings. The molecule has 0 aliphatic heterocycles. The first-order chi connectivity index (χ1) is 7.26. The highest BCUT2D eigenvalue weighted by Gasteiger charge is 2.18. The average Bonchev–Trinajstić information content (AvgIpc) is 2.11. The molecule has 1 atom stereocenters. The van der Waals surface area contributed by atoms with Crippen LogP contribution in [0.3, 0.4) is 0 Å². The molecular formula is C7H14N2O6S. The molecular weight excluding hydrogens is 240 g/mol. The Kier molecular flexibility index (Phi) is 5.75. The van der Waals surface area contributed by atoms with E-state index in [9.17, 15) is 18.0 Å². The summed E-state index contributed by atoms with van der Waals surface area (Å²) in [5.41, 5.74) is 0. The van der Waals surface area contributed by atoms with Gasteiger partial charge in [-0.25, -0.2) is 18.0 Å². The van der Waals surface area contributed by atoms with Gasteiger partial charge in [-0.2, -0.15) is 0 Å². The van der Waals surface area contributed by atoms with Gasteiger partial charge in [-0.05, 0) is 0 Å². The van der Waals surface area contributed by atoms with Gasteiger partial charge in [0.25, 0.3) is 0 Å². The molecule has 2 amide bonds. The third kappa shape index (κ3) is 7.01. The second-order valence-corrected chi connectivity index (χ2v) is 5.36. The first-order valence-electron chi connectivity index (χ1n) is 4.32. The van der Waals surface area contributed by atoms with Crippen molar-refractivity contribution < 1.29 is 28.2 Å². The number of urea groups is 1. The fraction of sp³-hybridized carbons (Fsp3) is 0.714. The van der Waals surface area contributed by atoms with Crippen LogP contribution >= 0.6 is 0 Å². The summed E-state index contributed by atoms with van der Waals surface area (Å²) in [4.78, 5) is 21.4. The van der Waals surface area contributed by atoms with Crippen LogP contribution in [0.2, 0.25) is 0 Å². The fourth-order valence-corrected chi connectivity index (χ4v) is 1.22. The number of carboxylic acids is 1. The minimum absolute atomic E-state index is 0.123. The minimum Gasteiger partial charge on any atom is -0.480 e. The van der Waals surface area contributed by atoms with E-state index in [0.717, 1.165) is 6.26 Å². The summed E-state index contributed by atoms with van der Waals surface area (Å²) in [6, 6.07) is -2.25. The van der Waals surface area contributed by atoms with Gasteiger partial charge in [0.15, 0.2) is 6.04 Å². The third-order valence-corrected chi connectivity index (χ3v) is 2.49. The van der Waals surface area contributed by atoms with Crippen molar-refractivity contribution in [3.8, 4) is 0 Å². The van der Waals surface area contributed by atoms with Crippen molar-refractivity contribution in [1.29, 1.82) is 0 Å². The highest BCUT2D eigenvalue weighted by Crippen LogP contribution is 1.83. The molecule has 0 rings (SSSR count). The van der Waals surface area contributed by atoms with E-state index >= 15 is 0 Å². The predicted octanol–water partition coefficient (Wildman–Crippen LogP) is -2.22. The van der Waals surface area contributed by atoms with Gasteiger partial charge in [0, 0.05) is 12.8 Å². The number of sulfone groups is 1. The smallest absolute Gasteiger partial charge is 0.328 e. The number of carboxylic acid groups (broad SMARTS) is 1. The molecule has 0 aromatic heterocycles. The minimum atomic E-state index is -3.18. The van der Waals surface area contributed by atoms with E-state index in [2.05, 4.69) is 5.32 Å². The van der Waals surface area contributed by atoms with Gasteiger partial charge in [-0.15, -0.1) is 0 Å². The van der Waals surface area contributed by atoms with Gasteiger partial charge >= 0.3 is 12.0 Å². The summed E-state index contributed by atoms with van der Waals surface area (Å²) in [5, 5.41) is 21.2. The van der Waals surface area contributed by atoms with Gasteiger partial charge in [-0.3, -0.25) is 0 Å². The SMILES string of the molecule is CS(=O)(=O)CCNC(=O)N[C@@H](CO)C(=O)O. The van der Waals surface area contributed by atoms with Gasteiger partial charge in [0.1, 0.15) is 9.84 Å². The molecule has 0 aromatic rings. The Bertz CT molecular complexity index is 352. The Hall–Kier alpha value is -1.35. The number of carbonyl (C=O) groups excluding carboxylic acids is 1. The lowest BCUT2D eigenvalue weighted by molar-refractivity contribution is -0.140. The second-order valence-electron chi connectivity index (χ2n) is 3.10. The largest absolute Gasteiger partial charge is 0.480 e. The van der Waals surface area contributed by atoms with E-state index in [1.807, 2.05) is 5.32 Å². The van der Waals surface area contributed by atoms with Gasteiger partial charge in [-0.1, -0.05) is 0 Å². The molecule has 0 aliphatic carbocycles. The monoisotopic (exact) mass is 254 g/mol. The number of nitrogens with one attached hydrogen (secondary N) is 2. The van der Waals surface area contributed by atoms with Crippen LogP contribution in [0.4, 0.5) is 4.79 Å². The molecule has 0 saturated heterocycles. The van der Waals surface area contributed by atoms with Crippen LogP contribution < -0.4 is 10.6 Å². The molecule has 0 aliphatic rings. The molecule has 8 nitrogen and oxygen atoms in total. The predicted molar refractivity (Wildman–Crippen MR) is 54.8 cm³/mol. The Morgan fingerprint density at radius 3 is 2.31 bits per heavy atom. The maximum atomic E-state index is 11.0. The van der Waals surface area contributed by atoms with Crippen LogP contribution in [0.5, 0.6) is 0 Å². The topological polar surface area (TPSA) is 133 Å². The molecule has 0 unspecified atom stereocenters. The molecule has 9 heteroatoms. The number of carbonyl (C=O) groups is 2. The summed E-state index contributed by atoms with van der Waals surface area (Å²) >= 11 is 0. The first-order valence-corrected chi connectivity index (χ1v) is 6.38. The summed E-state index contributed by atoms with van der Waals surface area (Å²) in [6.45, 7) is -0.864. The Labute approximate surface area is 92.6 Å². The lowest BCUT2D eigenvalue weighted by Gasteiger charge is -2.12. The van der Waals surface area contributed by atoms with E-state index in [-0.39, 0.29) is 12.3 Å². The normalized spacial score (nSPS) is 12.9. The van der Waals surface area contributed by atoms with Gasteiger partial charge in [0.05, 0.1) is 12.4 Å². The van der Waals surface area contributed by atoms with Gasteiger partial charge in [0.2, 0.25) is 0 Å². The van der Waals surface area contributed by atoms with E-state index in [1.165, 1.54) is 0 Å². The zero-order chi connectivity index (χ0) is 12.8. The number of aliphatic carboxylic acids is 1. The van der Waals surface area contributed by atoms with Crippen LogP contribution in [0, 0.1) is 0 Å². The highest BCUT2D eigenvalue weighted by atomic mass is 32.2. The van der Waals surface area contributed by atoms with Crippen LogP contribution in [-0.4, -0.2) is 61.8 Å². The fourth-order valence-electron chi connectivity index (χ4n) is 0.745. The quantitative estimate of drug-likeness (QED) is 0.424. The molecule has 0 saturated carbocycles. The Morgan fingerprint density at radius 1 is 1.38 bits per heavy atom. The second kappa shape index (κ2) is 6.28. The average molecular weight is 254 g/mol. The van der Waals surface area contributed by atoms with E-state index in [1.54, 1.807) is 0 Å². The standard InChI is InChI=1S/C7H14N2O6S/c1-16(14,15)3-2-8-7(13)9-5(4-10)6(11)12/h5,10H,2-4H2,1H3,(H,11,12)(H2,8,9,13)/t5-/m0/s1. The number of amides is 2. The molecule has 0 radical (unpaired) electrons. The first kappa shape index (κ1) is 14.6. The van der Waals surface area contributed by atoms with Crippen molar-refractivity contribution in [2.24, 2.45) is 0 Å². The molecule has 0 aromatic carbocycles. The number of aliphatic hydroxyl groups is 1. The number of aliphatic hydroxyl groups excluding tert-OH is 1. The lowest BCUT2D eigenvalue weighted by atomic mass is 10.3. The molecule has 0 heterocycles. The van der Waals surface area contributed by atoms with Crippen LogP contribution in [0.1, 0.15) is 0 Å². The van der Waals surface area contributed by atoms with E-state index in [0.29, 0.717) is 0 Å². The van der Waals surface area contributed by atoms with Crippen molar-refractivity contribution in [2.75, 3.05) is 25.2 Å². The maximum absolute atomic E-state index is 11.0. The van der Waals surface area contributed by atoms with Crippen molar-refractivity contribution in [3.63, 3.8) is 0 Å². The summed E-state index contributed by atoms with van der Waals surface area (Å²) in [6.07, 6.45) is 1.01. The highest BCUT2D eigenvalue weighted by molar-refractivity contribution is 7.90. The Balaban J connectivity index is 3.95. The maximum Gasteiger partial charge on any atom is 0.328 e. The summed E-state index contributed by atoms with van der Waals surface area (Å²) in [5.74, 6) is -1.61. The number of hydrogen-bond donors (Lipinski definition) is 4. The molecule has 94 valence electrons. The van der Waals surface area contributed by atoms with E-state index < -0.39 is 34.5 Å². The molecule has 16 heavy (non-hydrogen) atoms. The van der Waals surface area contributed by atoms with Crippen molar-refractivity contribution in [1.82, 2.24) is 10.6 Å². The zero-order valence-electron chi connectivity index (χ0n) is 8.63. The molecule has 0 spiro atoms. The van der Waals surface area contributed by atoms with Crippen molar-refractivity contribution >= 4 is 21.8 Å². The van der Waals surface area contributed by atoms with Crippen molar-refractivity contribution in [3.05, 3.63) is 0 Å². The third-order valence-electron chi connectivity index (χ3n) is 1.54. The van der Waals surface area contributed by atoms with Crippen molar-refractivity contribution in [2.45, 2.75) is 6.04 Å². The van der Waals surface area contributed by atoms with Crippen LogP contribution in [0.15, 0.2) is 0 Å². The zero-order valence-corrected chi connectivity index (χ0v) is 9.45. The van der Waals surface area contributed by atoms with Crippen LogP contribution in [-0.2, 0) is 14.6 Å².